The first-order chi connectivity index (χ1) is 8.91. The zero-order valence-corrected chi connectivity index (χ0v) is 12.2. The van der Waals surface area contributed by atoms with E-state index in [0.29, 0.717) is 12.8 Å². The molecule has 1 fully saturated rings. The number of sulfone groups is 1. The van der Waals surface area contributed by atoms with Crippen LogP contribution in [0, 0.1) is 12.8 Å². The Kier molecular flexibility index (Phi) is 4.16. The van der Waals surface area contributed by atoms with Crippen molar-refractivity contribution in [3.05, 3.63) is 29.3 Å². The number of aryl methyl sites for hydroxylation is 1. The van der Waals surface area contributed by atoms with Gasteiger partial charge in [-0.15, -0.1) is 0 Å². The van der Waals surface area contributed by atoms with Crippen LogP contribution in [0.25, 0.3) is 0 Å². The lowest BCUT2D eigenvalue weighted by atomic mass is 9.93. The van der Waals surface area contributed by atoms with E-state index in [2.05, 4.69) is 6.07 Å². The molecule has 2 N–H and O–H groups in total. The summed E-state index contributed by atoms with van der Waals surface area (Å²) < 4.78 is 28.3. The maximum atomic E-state index is 11.5. The van der Waals surface area contributed by atoms with Crippen LogP contribution in [0.5, 0.6) is 5.75 Å². The monoisotopic (exact) mass is 283 g/mol. The highest BCUT2D eigenvalue weighted by Crippen LogP contribution is 2.26. The van der Waals surface area contributed by atoms with Crippen LogP contribution in [0.3, 0.4) is 0 Å². The van der Waals surface area contributed by atoms with Gasteiger partial charge in [0.1, 0.15) is 5.75 Å². The van der Waals surface area contributed by atoms with E-state index in [4.69, 9.17) is 10.5 Å². The van der Waals surface area contributed by atoms with Crippen molar-refractivity contribution >= 4 is 9.84 Å². The summed E-state index contributed by atoms with van der Waals surface area (Å²) in [5.74, 6) is 1.38. The smallest absolute Gasteiger partial charge is 0.150 e. The van der Waals surface area contributed by atoms with Gasteiger partial charge < -0.3 is 10.5 Å². The Morgan fingerprint density at radius 1 is 1.47 bits per heavy atom. The fraction of sp³-hybridized carbons (Fsp3) is 0.571. The van der Waals surface area contributed by atoms with E-state index >= 15 is 0 Å². The van der Waals surface area contributed by atoms with E-state index in [-0.39, 0.29) is 23.5 Å². The lowest BCUT2D eigenvalue weighted by Crippen LogP contribution is -2.33. The van der Waals surface area contributed by atoms with Crippen molar-refractivity contribution in [3.8, 4) is 5.75 Å². The van der Waals surface area contributed by atoms with Gasteiger partial charge in [0, 0.05) is 6.04 Å². The van der Waals surface area contributed by atoms with Gasteiger partial charge in [-0.1, -0.05) is 17.7 Å². The van der Waals surface area contributed by atoms with Crippen LogP contribution in [0.4, 0.5) is 0 Å². The molecule has 0 aromatic heterocycles. The minimum Gasteiger partial charge on any atom is -0.496 e. The molecule has 4 nitrogen and oxygen atoms in total. The molecular formula is C14H21NO3S. The van der Waals surface area contributed by atoms with Gasteiger partial charge in [-0.2, -0.15) is 0 Å². The molecule has 0 amide bonds. The first-order valence-electron chi connectivity index (χ1n) is 6.51. The quantitative estimate of drug-likeness (QED) is 0.904. The van der Waals surface area contributed by atoms with E-state index in [1.807, 2.05) is 19.1 Å². The van der Waals surface area contributed by atoms with Crippen LogP contribution in [-0.4, -0.2) is 33.1 Å². The summed E-state index contributed by atoms with van der Waals surface area (Å²) in [5.41, 5.74) is 8.40. The first kappa shape index (κ1) is 14.3. The number of methoxy groups -OCH3 is 1. The van der Waals surface area contributed by atoms with Gasteiger partial charge in [0.05, 0.1) is 18.6 Å². The number of benzene rings is 1. The number of nitrogens with two attached hydrogens (primary N) is 1. The van der Waals surface area contributed by atoms with Crippen molar-refractivity contribution in [2.75, 3.05) is 18.6 Å². The zero-order valence-electron chi connectivity index (χ0n) is 11.4. The Bertz CT molecular complexity index is 554. The summed E-state index contributed by atoms with van der Waals surface area (Å²) in [6, 6.07) is 5.85. The summed E-state index contributed by atoms with van der Waals surface area (Å²) in [6.45, 7) is 2.02. The highest BCUT2D eigenvalue weighted by atomic mass is 32.2. The van der Waals surface area contributed by atoms with E-state index in [9.17, 15) is 8.42 Å². The highest BCUT2D eigenvalue weighted by molar-refractivity contribution is 7.91. The second-order valence-electron chi connectivity index (χ2n) is 5.35. The molecule has 5 heteroatoms. The van der Waals surface area contributed by atoms with E-state index in [1.54, 1.807) is 7.11 Å². The summed E-state index contributed by atoms with van der Waals surface area (Å²) in [4.78, 5) is 0. The molecule has 1 saturated heterocycles. The molecule has 1 aliphatic heterocycles. The summed E-state index contributed by atoms with van der Waals surface area (Å²) in [6.07, 6.45) is 1.34. The topological polar surface area (TPSA) is 69.4 Å². The van der Waals surface area contributed by atoms with Crippen LogP contribution >= 0.6 is 0 Å². The number of hydrogen-bond acceptors (Lipinski definition) is 4. The van der Waals surface area contributed by atoms with Crippen LogP contribution in [0.1, 0.15) is 17.5 Å². The maximum absolute atomic E-state index is 11.5. The third kappa shape index (κ3) is 3.48. The predicted octanol–water partition coefficient (Wildman–Crippen LogP) is 1.31. The number of ether oxygens (including phenoxy) is 1. The molecule has 1 aromatic carbocycles. The molecule has 0 bridgehead atoms. The normalized spacial score (nSPS) is 23.2. The van der Waals surface area contributed by atoms with Gasteiger partial charge >= 0.3 is 0 Å². The average Bonchev–Trinajstić information content (AvgIpc) is 2.70. The van der Waals surface area contributed by atoms with Gasteiger partial charge in [-0.05, 0) is 37.3 Å². The van der Waals surface area contributed by atoms with Gasteiger partial charge in [0.15, 0.2) is 9.84 Å². The second kappa shape index (κ2) is 5.51. The van der Waals surface area contributed by atoms with E-state index in [1.165, 1.54) is 0 Å². The zero-order chi connectivity index (χ0) is 14.0. The Balaban J connectivity index is 2.11. The minimum atomic E-state index is -2.87. The number of rotatable bonds is 4. The largest absolute Gasteiger partial charge is 0.496 e. The molecule has 1 heterocycles. The summed E-state index contributed by atoms with van der Waals surface area (Å²) in [7, 11) is -1.23. The van der Waals surface area contributed by atoms with Crippen LogP contribution in [0.15, 0.2) is 18.2 Å². The molecule has 106 valence electrons. The molecule has 2 rings (SSSR count). The average molecular weight is 283 g/mol. The maximum Gasteiger partial charge on any atom is 0.150 e. The third-order valence-corrected chi connectivity index (χ3v) is 5.56. The summed E-state index contributed by atoms with van der Waals surface area (Å²) in [5, 5.41) is 0. The van der Waals surface area contributed by atoms with Crippen molar-refractivity contribution in [2.45, 2.75) is 25.8 Å². The standard InChI is InChI=1S/C14H21NO3S/c1-10-3-4-14(18-2)12(7-10)8-13(15)11-5-6-19(16,17)9-11/h3-4,7,11,13H,5-6,8-9,15H2,1-2H3. The Hall–Kier alpha value is -1.07. The van der Waals surface area contributed by atoms with Crippen molar-refractivity contribution in [1.29, 1.82) is 0 Å². The lowest BCUT2D eigenvalue weighted by Gasteiger charge is -2.19. The third-order valence-electron chi connectivity index (χ3n) is 3.76. The van der Waals surface area contributed by atoms with Gasteiger partial charge in [-0.25, -0.2) is 8.42 Å². The van der Waals surface area contributed by atoms with Gasteiger partial charge in [0.2, 0.25) is 0 Å². The molecule has 0 saturated carbocycles. The van der Waals surface area contributed by atoms with E-state index < -0.39 is 9.84 Å². The molecule has 1 aliphatic rings. The molecule has 0 radical (unpaired) electrons. The molecule has 0 aliphatic carbocycles. The van der Waals surface area contributed by atoms with E-state index in [0.717, 1.165) is 16.9 Å². The Morgan fingerprint density at radius 3 is 2.79 bits per heavy atom. The van der Waals surface area contributed by atoms with Crippen LogP contribution in [0.2, 0.25) is 0 Å². The highest BCUT2D eigenvalue weighted by Gasteiger charge is 2.32. The molecular weight excluding hydrogens is 262 g/mol. The van der Waals surface area contributed by atoms with Gasteiger partial charge in [0.25, 0.3) is 0 Å². The van der Waals surface area contributed by atoms with Crippen molar-refractivity contribution in [1.82, 2.24) is 0 Å². The minimum absolute atomic E-state index is 0.0650. The fourth-order valence-corrected chi connectivity index (χ4v) is 4.54. The first-order valence-corrected chi connectivity index (χ1v) is 8.33. The fourth-order valence-electron chi connectivity index (χ4n) is 2.65. The lowest BCUT2D eigenvalue weighted by molar-refractivity contribution is 0.400. The Morgan fingerprint density at radius 2 is 2.21 bits per heavy atom. The van der Waals surface area contributed by atoms with Crippen LogP contribution < -0.4 is 10.5 Å². The van der Waals surface area contributed by atoms with Crippen LogP contribution in [-0.2, 0) is 16.3 Å². The predicted molar refractivity (Wildman–Crippen MR) is 76.2 cm³/mol. The summed E-state index contributed by atoms with van der Waals surface area (Å²) >= 11 is 0. The van der Waals surface area contributed by atoms with Gasteiger partial charge in [-0.3, -0.25) is 0 Å². The van der Waals surface area contributed by atoms with Crippen molar-refractivity contribution in [2.24, 2.45) is 11.7 Å². The molecule has 0 spiro atoms. The molecule has 19 heavy (non-hydrogen) atoms. The SMILES string of the molecule is COc1ccc(C)cc1CC(N)C1CCS(=O)(=O)C1. The second-order valence-corrected chi connectivity index (χ2v) is 7.58. The number of hydrogen-bond donors (Lipinski definition) is 1. The molecule has 2 unspecified atom stereocenters. The molecule has 2 atom stereocenters. The van der Waals surface area contributed by atoms with Crippen molar-refractivity contribution in [3.63, 3.8) is 0 Å². The molecule has 1 aromatic rings. The Labute approximate surface area is 114 Å². The van der Waals surface area contributed by atoms with Crippen molar-refractivity contribution < 1.29 is 13.2 Å².